The van der Waals surface area contributed by atoms with Gasteiger partial charge in [-0.15, -0.1) is 0 Å². The van der Waals surface area contributed by atoms with Crippen LogP contribution < -0.4 is 10.6 Å². The lowest BCUT2D eigenvalue weighted by Gasteiger charge is -2.16. The molecule has 0 atom stereocenters. The van der Waals surface area contributed by atoms with Crippen molar-refractivity contribution in [2.75, 3.05) is 46.9 Å². The number of benzene rings is 4. The molecular weight excluding hydrogens is 663 g/mol. The third-order valence-corrected chi connectivity index (χ3v) is 10.7. The maximum Gasteiger partial charge on any atom is 0.251 e. The van der Waals surface area contributed by atoms with Crippen molar-refractivity contribution in [3.05, 3.63) is 118 Å². The van der Waals surface area contributed by atoms with Crippen LogP contribution in [0.25, 0.3) is 23.7 Å². The van der Waals surface area contributed by atoms with Crippen LogP contribution in [0, 0.1) is 0 Å². The topological polar surface area (TPSA) is 79.9 Å². The predicted molar refractivity (Wildman–Crippen MR) is 204 cm³/mol. The van der Waals surface area contributed by atoms with Gasteiger partial charge in [-0.3, -0.25) is 9.59 Å². The molecule has 7 nitrogen and oxygen atoms in total. The van der Waals surface area contributed by atoms with Gasteiger partial charge in [0.1, 0.15) is 18.1 Å². The Morgan fingerprint density at radius 3 is 1.64 bits per heavy atom. The Hall–Kier alpha value is -4.44. The lowest BCUT2D eigenvalue weighted by Crippen LogP contribution is -2.26. The Morgan fingerprint density at radius 1 is 0.640 bits per heavy atom. The number of fused-ring (bicyclic) bond motifs is 4. The summed E-state index contributed by atoms with van der Waals surface area (Å²) in [6.45, 7) is 4.98. The molecule has 2 amide bonds. The molecule has 0 aliphatic carbocycles. The quantitative estimate of drug-likeness (QED) is 0.127. The first-order chi connectivity index (χ1) is 24.4. The van der Waals surface area contributed by atoms with E-state index in [4.69, 9.17) is 9.47 Å². The number of carbonyl (C=O) groups is 2. The van der Waals surface area contributed by atoms with Crippen LogP contribution in [0.1, 0.15) is 69.2 Å². The van der Waals surface area contributed by atoms with E-state index in [1.165, 1.54) is 0 Å². The molecule has 9 heteroatoms. The molecule has 4 aromatic carbocycles. The number of nitrogens with zero attached hydrogens (tertiary/aromatic N) is 1. The van der Waals surface area contributed by atoms with Crippen molar-refractivity contribution in [3.63, 3.8) is 0 Å². The number of nitrogens with one attached hydrogen (secondary N) is 2. The molecule has 0 spiro atoms. The lowest BCUT2D eigenvalue weighted by molar-refractivity contribution is 0.0947. The second-order valence-corrected chi connectivity index (χ2v) is 14.5. The number of likely N-dealkylation sites (N-methyl/N-ethyl adjacent to an activating group) is 1. The summed E-state index contributed by atoms with van der Waals surface area (Å²) in [6.07, 6.45) is 6.64. The van der Waals surface area contributed by atoms with E-state index in [0.29, 0.717) is 37.4 Å². The van der Waals surface area contributed by atoms with Crippen LogP contribution in [-0.4, -0.2) is 63.7 Å². The van der Waals surface area contributed by atoms with Crippen molar-refractivity contribution in [2.24, 2.45) is 0 Å². The fourth-order valence-corrected chi connectivity index (χ4v) is 7.80. The predicted octanol–water partition coefficient (Wildman–Crippen LogP) is 8.56. The summed E-state index contributed by atoms with van der Waals surface area (Å²) in [4.78, 5) is 32.8. The standard InChI is InChI=1S/C41H43N3O4S2/c1-4-47-34-26-28-12-6-8-14-36(28)49-38-18-16-30(24-32(34)38)40(45)42-20-10-5-11-21-43-41(46)31-17-19-39-33(25-31)35(48-23-22-44(2)3)27-29-13-7-9-15-37(29)50-39/h6-9,12-19,24-27H,4-5,10-11,20-23H2,1-3H3,(H,42,45)(H,43,46). The van der Waals surface area contributed by atoms with Gasteiger partial charge in [0, 0.05) is 61.5 Å². The molecule has 2 heterocycles. The average Bonchev–Trinajstić information content (AvgIpc) is 3.38. The molecule has 6 rings (SSSR count). The third kappa shape index (κ3) is 8.82. The molecule has 0 bridgehead atoms. The largest absolute Gasteiger partial charge is 0.493 e. The molecule has 0 saturated carbocycles. The van der Waals surface area contributed by atoms with Crippen LogP contribution in [-0.2, 0) is 9.47 Å². The summed E-state index contributed by atoms with van der Waals surface area (Å²) in [5, 5.41) is 6.13. The Morgan fingerprint density at radius 2 is 1.14 bits per heavy atom. The van der Waals surface area contributed by atoms with Crippen LogP contribution in [0.3, 0.4) is 0 Å². The summed E-state index contributed by atoms with van der Waals surface area (Å²) in [5.74, 6) is 1.34. The van der Waals surface area contributed by atoms with Crippen molar-refractivity contribution in [3.8, 4) is 0 Å². The van der Waals surface area contributed by atoms with Gasteiger partial charge in [-0.25, -0.2) is 0 Å². The highest BCUT2D eigenvalue weighted by molar-refractivity contribution is 7.99. The Balaban J connectivity index is 0.989. The second kappa shape index (κ2) is 17.0. The van der Waals surface area contributed by atoms with Gasteiger partial charge in [0.15, 0.2) is 0 Å². The zero-order valence-corrected chi connectivity index (χ0v) is 30.4. The fraction of sp³-hybridized carbons (Fsp3) is 0.268. The number of hydrogen-bond donors (Lipinski definition) is 2. The van der Waals surface area contributed by atoms with E-state index in [9.17, 15) is 9.59 Å². The van der Waals surface area contributed by atoms with E-state index in [-0.39, 0.29) is 11.8 Å². The molecule has 4 aromatic rings. The molecule has 0 radical (unpaired) electrons. The smallest absolute Gasteiger partial charge is 0.251 e. The molecule has 2 aliphatic rings. The lowest BCUT2D eigenvalue weighted by atomic mass is 10.1. The zero-order valence-electron chi connectivity index (χ0n) is 28.8. The summed E-state index contributed by atoms with van der Waals surface area (Å²) >= 11 is 3.38. The summed E-state index contributed by atoms with van der Waals surface area (Å²) in [6, 6.07) is 28.2. The van der Waals surface area contributed by atoms with Crippen LogP contribution in [0.2, 0.25) is 0 Å². The SMILES string of the molecule is CCOC1=Cc2ccccc2Sc2ccc(C(=O)NCCCCCNC(=O)c3ccc4c(c3)C(OCCN(C)C)=Cc3ccccc3S4)cc21. The van der Waals surface area contributed by atoms with Crippen LogP contribution in [0.15, 0.2) is 105 Å². The molecular formula is C41H43N3O4S2. The number of ether oxygens (including phenoxy) is 2. The van der Waals surface area contributed by atoms with Crippen molar-refractivity contribution < 1.29 is 19.1 Å². The van der Waals surface area contributed by atoms with Crippen molar-refractivity contribution in [2.45, 2.75) is 45.8 Å². The van der Waals surface area contributed by atoms with E-state index >= 15 is 0 Å². The van der Waals surface area contributed by atoms with Gasteiger partial charge in [0.2, 0.25) is 0 Å². The number of amides is 2. The third-order valence-electron chi connectivity index (χ3n) is 8.39. The van der Waals surface area contributed by atoms with Crippen molar-refractivity contribution in [1.82, 2.24) is 15.5 Å². The molecule has 2 aliphatic heterocycles. The molecule has 0 fully saturated rings. The maximum absolute atomic E-state index is 13.2. The second-order valence-electron chi connectivity index (χ2n) is 12.4. The zero-order chi connectivity index (χ0) is 34.9. The summed E-state index contributed by atoms with van der Waals surface area (Å²) in [7, 11) is 4.05. The van der Waals surface area contributed by atoms with E-state index < -0.39 is 0 Å². The Bertz CT molecular complexity index is 1920. The summed E-state index contributed by atoms with van der Waals surface area (Å²) in [5.41, 5.74) is 5.28. The van der Waals surface area contributed by atoms with Gasteiger partial charge in [-0.1, -0.05) is 59.9 Å². The number of hydrogen-bond acceptors (Lipinski definition) is 7. The van der Waals surface area contributed by atoms with E-state index in [0.717, 1.165) is 79.2 Å². The number of unbranched alkanes of at least 4 members (excludes halogenated alkanes) is 2. The van der Waals surface area contributed by atoms with Gasteiger partial charge in [-0.2, -0.15) is 0 Å². The van der Waals surface area contributed by atoms with Gasteiger partial charge < -0.3 is 25.0 Å². The first-order valence-corrected chi connectivity index (χ1v) is 18.8. The van der Waals surface area contributed by atoms with Crippen molar-refractivity contribution in [1.29, 1.82) is 0 Å². The van der Waals surface area contributed by atoms with E-state index in [1.54, 1.807) is 23.5 Å². The first-order valence-electron chi connectivity index (χ1n) is 17.1. The Labute approximate surface area is 303 Å². The fourth-order valence-electron chi connectivity index (χ4n) is 5.73. The normalized spacial score (nSPS) is 13.0. The molecule has 50 heavy (non-hydrogen) atoms. The minimum absolute atomic E-state index is 0.104. The molecule has 0 aromatic heterocycles. The Kier molecular flexibility index (Phi) is 12.0. The van der Waals surface area contributed by atoms with E-state index in [1.807, 2.05) is 81.7 Å². The van der Waals surface area contributed by atoms with Gasteiger partial charge >= 0.3 is 0 Å². The number of rotatable bonds is 14. The minimum atomic E-state index is -0.106. The molecule has 2 N–H and O–H groups in total. The monoisotopic (exact) mass is 705 g/mol. The average molecular weight is 706 g/mol. The molecule has 0 unspecified atom stereocenters. The minimum Gasteiger partial charge on any atom is -0.493 e. The van der Waals surface area contributed by atoms with Gasteiger partial charge in [0.05, 0.1) is 6.61 Å². The van der Waals surface area contributed by atoms with Crippen LogP contribution in [0.5, 0.6) is 0 Å². The first kappa shape index (κ1) is 35.4. The molecule has 258 valence electrons. The van der Waals surface area contributed by atoms with Crippen LogP contribution in [0.4, 0.5) is 0 Å². The highest BCUT2D eigenvalue weighted by atomic mass is 32.2. The van der Waals surface area contributed by atoms with Gasteiger partial charge in [0.25, 0.3) is 11.8 Å². The van der Waals surface area contributed by atoms with Gasteiger partial charge in [-0.05, 0) is 112 Å². The maximum atomic E-state index is 13.2. The highest BCUT2D eigenvalue weighted by Gasteiger charge is 2.21. The highest BCUT2D eigenvalue weighted by Crippen LogP contribution is 2.42. The van der Waals surface area contributed by atoms with Crippen molar-refractivity contribution >= 4 is 59.0 Å². The van der Waals surface area contributed by atoms with Crippen LogP contribution >= 0.6 is 23.5 Å². The summed E-state index contributed by atoms with van der Waals surface area (Å²) < 4.78 is 12.3. The van der Waals surface area contributed by atoms with E-state index in [2.05, 4.69) is 52.0 Å². The molecule has 0 saturated heterocycles. The number of carbonyl (C=O) groups excluding carboxylic acids is 2.